The van der Waals surface area contributed by atoms with E-state index < -0.39 is 0 Å². The molecule has 6 nitrogen and oxygen atoms in total. The summed E-state index contributed by atoms with van der Waals surface area (Å²) in [6.45, 7) is 4.13. The quantitative estimate of drug-likeness (QED) is 0.411. The van der Waals surface area contributed by atoms with Gasteiger partial charge in [0, 0.05) is 10.9 Å². The summed E-state index contributed by atoms with van der Waals surface area (Å²) >= 11 is 1.54. The van der Waals surface area contributed by atoms with Gasteiger partial charge in [0.2, 0.25) is 11.7 Å². The highest BCUT2D eigenvalue weighted by Crippen LogP contribution is 2.28. The second-order valence-electron chi connectivity index (χ2n) is 6.64. The predicted octanol–water partition coefficient (Wildman–Crippen LogP) is 4.84. The molecule has 7 heteroatoms. The van der Waals surface area contributed by atoms with Crippen LogP contribution in [0.5, 0.6) is 0 Å². The Bertz CT molecular complexity index is 1310. The molecule has 0 N–H and O–H groups in total. The second kappa shape index (κ2) is 6.76. The summed E-state index contributed by atoms with van der Waals surface area (Å²) in [7, 11) is 0. The molecule has 0 aliphatic heterocycles. The van der Waals surface area contributed by atoms with E-state index >= 15 is 0 Å². The smallest absolute Gasteiger partial charge is 0.237 e. The molecule has 0 bridgehead atoms. The van der Waals surface area contributed by atoms with Crippen LogP contribution in [0, 0.1) is 13.8 Å². The highest BCUT2D eigenvalue weighted by atomic mass is 32.2. The number of pyridine rings is 1. The summed E-state index contributed by atoms with van der Waals surface area (Å²) in [6.07, 6.45) is 0. The van der Waals surface area contributed by atoms with Gasteiger partial charge in [-0.2, -0.15) is 4.98 Å². The van der Waals surface area contributed by atoms with E-state index in [2.05, 4.69) is 49.9 Å². The standard InChI is InChI=1S/C21H17N5OS/c1-13-7-3-4-9-16(13)20-22-19(27-25-20)12-28-21-24-23-18-11-14(2)15-8-5-6-10-17(15)26(18)21/h3-11H,12H2,1-2H3. The third-order valence-corrected chi connectivity index (χ3v) is 5.67. The maximum atomic E-state index is 5.45. The van der Waals surface area contributed by atoms with Crippen LogP contribution >= 0.6 is 11.8 Å². The minimum atomic E-state index is 0.530. The fourth-order valence-corrected chi connectivity index (χ4v) is 4.13. The van der Waals surface area contributed by atoms with Crippen LogP contribution in [-0.4, -0.2) is 24.7 Å². The van der Waals surface area contributed by atoms with Crippen LogP contribution in [0.4, 0.5) is 0 Å². The third kappa shape index (κ3) is 2.84. The third-order valence-electron chi connectivity index (χ3n) is 4.75. The molecule has 0 radical (unpaired) electrons. The van der Waals surface area contributed by atoms with Gasteiger partial charge in [-0.15, -0.1) is 10.2 Å². The first-order valence-electron chi connectivity index (χ1n) is 8.95. The zero-order chi connectivity index (χ0) is 19.1. The fraction of sp³-hybridized carbons (Fsp3) is 0.143. The van der Waals surface area contributed by atoms with Crippen LogP contribution in [0.2, 0.25) is 0 Å². The van der Waals surface area contributed by atoms with E-state index in [1.54, 1.807) is 0 Å². The molecule has 138 valence electrons. The van der Waals surface area contributed by atoms with Crippen molar-refractivity contribution in [3.63, 3.8) is 0 Å². The number of hydrogen-bond acceptors (Lipinski definition) is 6. The average molecular weight is 387 g/mol. The summed E-state index contributed by atoms with van der Waals surface area (Å²) in [5.74, 6) is 1.71. The van der Waals surface area contributed by atoms with Gasteiger partial charge in [-0.05, 0) is 37.1 Å². The molecule has 0 atom stereocenters. The fourth-order valence-electron chi connectivity index (χ4n) is 3.34. The van der Waals surface area contributed by atoms with Gasteiger partial charge >= 0.3 is 0 Å². The number of aryl methyl sites for hydroxylation is 2. The van der Waals surface area contributed by atoms with Crippen molar-refractivity contribution >= 4 is 28.3 Å². The van der Waals surface area contributed by atoms with Crippen LogP contribution in [-0.2, 0) is 5.75 Å². The Labute approximate surface area is 165 Å². The first-order valence-corrected chi connectivity index (χ1v) is 9.94. The highest BCUT2D eigenvalue weighted by Gasteiger charge is 2.15. The number of benzene rings is 2. The maximum absolute atomic E-state index is 5.45. The number of fused-ring (bicyclic) bond motifs is 3. The van der Waals surface area contributed by atoms with Crippen LogP contribution in [0.3, 0.4) is 0 Å². The number of rotatable bonds is 4. The van der Waals surface area contributed by atoms with Crippen molar-refractivity contribution in [2.24, 2.45) is 0 Å². The molecule has 0 amide bonds. The molecule has 0 spiro atoms. The predicted molar refractivity (Wildman–Crippen MR) is 109 cm³/mol. The van der Waals surface area contributed by atoms with E-state index in [-0.39, 0.29) is 0 Å². The number of thioether (sulfide) groups is 1. The molecule has 0 fully saturated rings. The Morgan fingerprint density at radius 1 is 0.964 bits per heavy atom. The van der Waals surface area contributed by atoms with Crippen molar-refractivity contribution < 1.29 is 4.52 Å². The molecule has 3 aromatic heterocycles. The lowest BCUT2D eigenvalue weighted by molar-refractivity contribution is 0.391. The maximum Gasteiger partial charge on any atom is 0.237 e. The molecule has 5 aromatic rings. The summed E-state index contributed by atoms with van der Waals surface area (Å²) in [5.41, 5.74) is 5.22. The summed E-state index contributed by atoms with van der Waals surface area (Å²) in [6, 6.07) is 18.3. The Hall–Kier alpha value is -3.19. The second-order valence-corrected chi connectivity index (χ2v) is 7.58. The zero-order valence-corrected chi connectivity index (χ0v) is 16.3. The molecule has 0 aliphatic rings. The van der Waals surface area contributed by atoms with Crippen molar-refractivity contribution in [3.8, 4) is 11.4 Å². The number of hydrogen-bond donors (Lipinski definition) is 0. The van der Waals surface area contributed by atoms with Crippen LogP contribution in [0.15, 0.2) is 64.3 Å². The molecule has 2 aromatic carbocycles. The Morgan fingerprint density at radius 3 is 2.68 bits per heavy atom. The molecular formula is C21H17N5OS. The largest absolute Gasteiger partial charge is 0.338 e. The minimum Gasteiger partial charge on any atom is -0.338 e. The van der Waals surface area contributed by atoms with Crippen LogP contribution < -0.4 is 0 Å². The van der Waals surface area contributed by atoms with Gasteiger partial charge in [0.1, 0.15) is 0 Å². The van der Waals surface area contributed by atoms with Crippen molar-refractivity contribution in [3.05, 3.63) is 71.6 Å². The average Bonchev–Trinajstić information content (AvgIpc) is 3.34. The number of para-hydroxylation sites is 1. The molecule has 0 unspecified atom stereocenters. The van der Waals surface area contributed by atoms with E-state index in [4.69, 9.17) is 4.52 Å². The lowest BCUT2D eigenvalue weighted by Gasteiger charge is -2.06. The Morgan fingerprint density at radius 2 is 1.79 bits per heavy atom. The van der Waals surface area contributed by atoms with Gasteiger partial charge in [0.25, 0.3) is 0 Å². The Kier molecular flexibility index (Phi) is 4.09. The summed E-state index contributed by atoms with van der Waals surface area (Å²) in [5, 5.41) is 14.8. The summed E-state index contributed by atoms with van der Waals surface area (Å²) < 4.78 is 7.53. The molecule has 28 heavy (non-hydrogen) atoms. The van der Waals surface area contributed by atoms with Crippen molar-refractivity contribution in [2.75, 3.05) is 0 Å². The van der Waals surface area contributed by atoms with Gasteiger partial charge < -0.3 is 4.52 Å². The van der Waals surface area contributed by atoms with Crippen molar-refractivity contribution in [1.82, 2.24) is 24.7 Å². The van der Waals surface area contributed by atoms with E-state index in [0.29, 0.717) is 17.5 Å². The van der Waals surface area contributed by atoms with Crippen LogP contribution in [0.25, 0.3) is 27.9 Å². The normalized spacial score (nSPS) is 11.5. The lowest BCUT2D eigenvalue weighted by Crippen LogP contribution is -1.93. The summed E-state index contributed by atoms with van der Waals surface area (Å²) in [4.78, 5) is 4.54. The monoisotopic (exact) mass is 387 g/mol. The van der Waals surface area contributed by atoms with E-state index in [9.17, 15) is 0 Å². The first kappa shape index (κ1) is 16.9. The van der Waals surface area contributed by atoms with Gasteiger partial charge in [-0.1, -0.05) is 59.4 Å². The molecular weight excluding hydrogens is 370 g/mol. The molecule has 3 heterocycles. The van der Waals surface area contributed by atoms with Crippen LogP contribution in [0.1, 0.15) is 17.0 Å². The topological polar surface area (TPSA) is 69.1 Å². The molecule has 5 rings (SSSR count). The van der Waals surface area contributed by atoms with Gasteiger partial charge in [0.05, 0.1) is 11.3 Å². The Balaban J connectivity index is 1.46. The molecule has 0 aliphatic carbocycles. The van der Waals surface area contributed by atoms with Gasteiger partial charge in [0.15, 0.2) is 10.8 Å². The van der Waals surface area contributed by atoms with E-state index in [0.717, 1.165) is 27.4 Å². The zero-order valence-electron chi connectivity index (χ0n) is 15.5. The molecule has 0 saturated heterocycles. The lowest BCUT2D eigenvalue weighted by atomic mass is 10.1. The van der Waals surface area contributed by atoms with E-state index in [1.807, 2.05) is 43.3 Å². The highest BCUT2D eigenvalue weighted by molar-refractivity contribution is 7.98. The van der Waals surface area contributed by atoms with Gasteiger partial charge in [-0.3, -0.25) is 4.40 Å². The van der Waals surface area contributed by atoms with Crippen molar-refractivity contribution in [2.45, 2.75) is 24.8 Å². The van der Waals surface area contributed by atoms with Gasteiger partial charge in [-0.25, -0.2) is 0 Å². The first-order chi connectivity index (χ1) is 13.7. The number of nitrogens with zero attached hydrogens (tertiary/aromatic N) is 5. The van der Waals surface area contributed by atoms with Crippen molar-refractivity contribution in [1.29, 1.82) is 0 Å². The molecule has 0 saturated carbocycles. The van der Waals surface area contributed by atoms with E-state index in [1.165, 1.54) is 22.7 Å². The SMILES string of the molecule is Cc1ccccc1-c1noc(CSc2nnc3cc(C)c4ccccc4n23)n1. The number of aromatic nitrogens is 5. The minimum absolute atomic E-state index is 0.530.